The van der Waals surface area contributed by atoms with Crippen molar-refractivity contribution in [3.05, 3.63) is 11.1 Å². The average Bonchev–Trinajstić information content (AvgIpc) is 2.97. The Labute approximate surface area is 119 Å². The van der Waals surface area contributed by atoms with E-state index in [9.17, 15) is 0 Å². The van der Waals surface area contributed by atoms with E-state index in [1.807, 2.05) is 0 Å². The smallest absolute Gasteiger partial charge is 0.185 e. The molecule has 0 atom stereocenters. The lowest BCUT2D eigenvalue weighted by Crippen LogP contribution is -2.46. The second-order valence-corrected chi connectivity index (χ2v) is 6.68. The molecule has 3 heterocycles. The molecule has 0 radical (unpaired) electrons. The van der Waals surface area contributed by atoms with Crippen LogP contribution >= 0.6 is 11.3 Å². The van der Waals surface area contributed by atoms with Gasteiger partial charge in [0.2, 0.25) is 0 Å². The summed E-state index contributed by atoms with van der Waals surface area (Å²) in [5.41, 5.74) is 0. The zero-order valence-electron chi connectivity index (χ0n) is 11.4. The van der Waals surface area contributed by atoms with Crippen LogP contribution < -0.4 is 4.90 Å². The van der Waals surface area contributed by atoms with Crippen molar-refractivity contribution in [3.63, 3.8) is 0 Å². The number of anilines is 1. The Bertz CT molecular complexity index is 395. The molecular weight excluding hydrogens is 258 g/mol. The molecule has 2 aliphatic heterocycles. The first kappa shape index (κ1) is 13.3. The van der Waals surface area contributed by atoms with Gasteiger partial charge in [-0.25, -0.2) is 4.98 Å². The lowest BCUT2D eigenvalue weighted by atomic mass is 10.0. The summed E-state index contributed by atoms with van der Waals surface area (Å²) in [6.45, 7) is 4.94. The molecule has 2 saturated heterocycles. The predicted octanol–water partition coefficient (Wildman–Crippen LogP) is 2.09. The number of likely N-dealkylation sites (tertiary alicyclic amines) is 1. The lowest BCUT2D eigenvalue weighted by Gasteiger charge is -2.40. The molecule has 0 bridgehead atoms. The summed E-state index contributed by atoms with van der Waals surface area (Å²) >= 11 is 1.63. The Morgan fingerprint density at radius 1 is 1.16 bits per heavy atom. The van der Waals surface area contributed by atoms with E-state index >= 15 is 0 Å². The Hall–Kier alpha value is -0.650. The van der Waals surface area contributed by atoms with Gasteiger partial charge in [-0.15, -0.1) is 0 Å². The number of thiazole rings is 1. The largest absolute Gasteiger partial charge is 0.391 e. The van der Waals surface area contributed by atoms with Gasteiger partial charge in [0.05, 0.1) is 11.5 Å². The first-order valence-electron chi connectivity index (χ1n) is 7.41. The molecule has 0 aliphatic carbocycles. The van der Waals surface area contributed by atoms with Crippen LogP contribution in [0, 0.1) is 0 Å². The monoisotopic (exact) mass is 281 g/mol. The van der Waals surface area contributed by atoms with E-state index in [1.165, 1.54) is 45.2 Å². The van der Waals surface area contributed by atoms with Crippen molar-refractivity contribution in [3.8, 4) is 0 Å². The molecule has 1 N–H and O–H groups in total. The van der Waals surface area contributed by atoms with Crippen molar-refractivity contribution in [1.29, 1.82) is 0 Å². The van der Waals surface area contributed by atoms with E-state index in [-0.39, 0.29) is 6.61 Å². The molecule has 0 aromatic carbocycles. The van der Waals surface area contributed by atoms with Crippen LogP contribution in [0.1, 0.15) is 37.0 Å². The fourth-order valence-electron chi connectivity index (χ4n) is 3.22. The van der Waals surface area contributed by atoms with Crippen LogP contribution in [0.15, 0.2) is 6.20 Å². The molecular formula is C14H23N3OS. The highest BCUT2D eigenvalue weighted by Crippen LogP contribution is 2.27. The van der Waals surface area contributed by atoms with Crippen LogP contribution in [0.5, 0.6) is 0 Å². The van der Waals surface area contributed by atoms with Crippen LogP contribution in [0.3, 0.4) is 0 Å². The molecule has 0 amide bonds. The number of aromatic nitrogens is 1. The van der Waals surface area contributed by atoms with E-state index in [2.05, 4.69) is 14.8 Å². The Kier molecular flexibility index (Phi) is 4.35. The molecule has 2 fully saturated rings. The van der Waals surface area contributed by atoms with Crippen molar-refractivity contribution in [2.24, 2.45) is 0 Å². The number of rotatable bonds is 3. The summed E-state index contributed by atoms with van der Waals surface area (Å²) in [7, 11) is 0. The summed E-state index contributed by atoms with van der Waals surface area (Å²) in [5.74, 6) is 0. The van der Waals surface area contributed by atoms with Gasteiger partial charge >= 0.3 is 0 Å². The van der Waals surface area contributed by atoms with Crippen molar-refractivity contribution < 1.29 is 5.11 Å². The lowest BCUT2D eigenvalue weighted by molar-refractivity contribution is 0.141. The highest BCUT2D eigenvalue weighted by molar-refractivity contribution is 7.15. The number of aliphatic hydroxyl groups excluding tert-OH is 1. The van der Waals surface area contributed by atoms with Gasteiger partial charge in [-0.3, -0.25) is 0 Å². The number of piperidine rings is 2. The van der Waals surface area contributed by atoms with Crippen LogP contribution in [0.25, 0.3) is 0 Å². The summed E-state index contributed by atoms with van der Waals surface area (Å²) in [6, 6.07) is 0.786. The molecule has 0 unspecified atom stereocenters. The molecule has 0 saturated carbocycles. The third kappa shape index (κ3) is 3.09. The third-order valence-corrected chi connectivity index (χ3v) is 5.38. The van der Waals surface area contributed by atoms with Gasteiger partial charge in [0.1, 0.15) is 0 Å². The van der Waals surface area contributed by atoms with E-state index in [0.29, 0.717) is 0 Å². The molecule has 0 spiro atoms. The maximum Gasteiger partial charge on any atom is 0.185 e. The molecule has 3 rings (SSSR count). The van der Waals surface area contributed by atoms with Crippen molar-refractivity contribution in [2.75, 3.05) is 31.1 Å². The Morgan fingerprint density at radius 2 is 1.89 bits per heavy atom. The molecule has 106 valence electrons. The predicted molar refractivity (Wildman–Crippen MR) is 78.7 cm³/mol. The molecule has 5 heteroatoms. The minimum Gasteiger partial charge on any atom is -0.391 e. The maximum absolute atomic E-state index is 9.11. The quantitative estimate of drug-likeness (QED) is 0.921. The second kappa shape index (κ2) is 6.20. The van der Waals surface area contributed by atoms with E-state index in [1.54, 1.807) is 17.5 Å². The summed E-state index contributed by atoms with van der Waals surface area (Å²) < 4.78 is 0. The highest BCUT2D eigenvalue weighted by atomic mass is 32.1. The van der Waals surface area contributed by atoms with Crippen LogP contribution in [0.2, 0.25) is 0 Å². The SMILES string of the molecule is OCc1cnc(N2CCC(N3CCCCC3)CC2)s1. The minimum atomic E-state index is 0.113. The van der Waals surface area contributed by atoms with Crippen molar-refractivity contribution in [2.45, 2.75) is 44.8 Å². The topological polar surface area (TPSA) is 39.6 Å². The number of hydrogen-bond acceptors (Lipinski definition) is 5. The van der Waals surface area contributed by atoms with Crippen LogP contribution in [-0.4, -0.2) is 47.2 Å². The van der Waals surface area contributed by atoms with Gasteiger partial charge in [-0.2, -0.15) is 0 Å². The van der Waals surface area contributed by atoms with Crippen LogP contribution in [0.4, 0.5) is 5.13 Å². The van der Waals surface area contributed by atoms with Gasteiger partial charge in [-0.05, 0) is 38.8 Å². The number of nitrogens with zero attached hydrogens (tertiary/aromatic N) is 3. The summed E-state index contributed by atoms with van der Waals surface area (Å²) in [4.78, 5) is 10.5. The van der Waals surface area contributed by atoms with Gasteiger partial charge in [-0.1, -0.05) is 17.8 Å². The normalized spacial score (nSPS) is 22.9. The third-order valence-electron chi connectivity index (χ3n) is 4.34. The molecule has 1 aromatic heterocycles. The van der Waals surface area contributed by atoms with Gasteiger partial charge in [0.25, 0.3) is 0 Å². The number of aliphatic hydroxyl groups is 1. The number of hydrogen-bond donors (Lipinski definition) is 1. The minimum absolute atomic E-state index is 0.113. The first-order chi connectivity index (χ1) is 9.36. The fourth-order valence-corrected chi connectivity index (χ4v) is 4.04. The Balaban J connectivity index is 1.53. The zero-order chi connectivity index (χ0) is 13.1. The standard InChI is InChI=1S/C14H23N3OS/c18-11-13-10-15-14(19-13)17-8-4-12(5-9-17)16-6-2-1-3-7-16/h10,12,18H,1-9,11H2. The van der Waals surface area contributed by atoms with Gasteiger partial charge < -0.3 is 14.9 Å². The van der Waals surface area contributed by atoms with Crippen molar-refractivity contribution >= 4 is 16.5 Å². The molecule has 2 aliphatic rings. The molecule has 4 nitrogen and oxygen atoms in total. The summed E-state index contributed by atoms with van der Waals surface area (Å²) in [6.07, 6.45) is 8.50. The molecule has 19 heavy (non-hydrogen) atoms. The summed E-state index contributed by atoms with van der Waals surface area (Å²) in [5, 5.41) is 10.2. The molecule has 1 aromatic rings. The van der Waals surface area contributed by atoms with Gasteiger partial charge in [0, 0.05) is 25.3 Å². The first-order valence-corrected chi connectivity index (χ1v) is 8.23. The van der Waals surface area contributed by atoms with E-state index in [4.69, 9.17) is 5.11 Å². The average molecular weight is 281 g/mol. The Morgan fingerprint density at radius 3 is 2.53 bits per heavy atom. The highest BCUT2D eigenvalue weighted by Gasteiger charge is 2.26. The van der Waals surface area contributed by atoms with E-state index < -0.39 is 0 Å². The zero-order valence-corrected chi connectivity index (χ0v) is 12.2. The van der Waals surface area contributed by atoms with Crippen LogP contribution in [-0.2, 0) is 6.61 Å². The second-order valence-electron chi connectivity index (χ2n) is 5.58. The maximum atomic E-state index is 9.11. The van der Waals surface area contributed by atoms with Gasteiger partial charge in [0.15, 0.2) is 5.13 Å². The van der Waals surface area contributed by atoms with Crippen molar-refractivity contribution in [1.82, 2.24) is 9.88 Å². The van der Waals surface area contributed by atoms with E-state index in [0.717, 1.165) is 29.1 Å². The fraction of sp³-hybridized carbons (Fsp3) is 0.786.